The minimum absolute atomic E-state index is 0.267. The molecule has 0 aromatic carbocycles. The molecule has 0 atom stereocenters. The number of ether oxygens (including phenoxy) is 3. The number of carbonyl (C=O) groups excluding carboxylic acids is 2. The Hall–Kier alpha value is -2.96. The predicted molar refractivity (Wildman–Crippen MR) is 98.5 cm³/mol. The molecule has 27 heavy (non-hydrogen) atoms. The number of pyridine rings is 2. The molecule has 0 spiro atoms. The van der Waals surface area contributed by atoms with Gasteiger partial charge in [0.05, 0.1) is 0 Å². The van der Waals surface area contributed by atoms with Crippen LogP contribution in [0.3, 0.4) is 0 Å². The van der Waals surface area contributed by atoms with Gasteiger partial charge in [-0.15, -0.1) is 0 Å². The molecule has 0 saturated carbocycles. The van der Waals surface area contributed by atoms with Crippen LogP contribution in [0.15, 0.2) is 36.7 Å². The average molecular weight is 372 g/mol. The van der Waals surface area contributed by atoms with Crippen LogP contribution in [0, 0.1) is 13.8 Å². The zero-order valence-electron chi connectivity index (χ0n) is 16.4. The van der Waals surface area contributed by atoms with E-state index in [-0.39, 0.29) is 11.8 Å². The Morgan fingerprint density at radius 1 is 0.778 bits per heavy atom. The average Bonchev–Trinajstić information content (AvgIpc) is 2.53. The molecule has 0 radical (unpaired) electrons. The predicted octanol–water partition coefficient (Wildman–Crippen LogP) is 3.18. The molecule has 0 fully saturated rings. The standard InChI is InChI=1S/C20H24N2O5/c1-13-7-9-21-15(11-13)26-19(3,4)17(23)25-18(24)20(5,6)27-16-12-14(2)8-10-22-16/h7-12H,1-6H3. The van der Waals surface area contributed by atoms with Crippen molar-refractivity contribution in [2.24, 2.45) is 0 Å². The lowest BCUT2D eigenvalue weighted by Crippen LogP contribution is -2.47. The maximum absolute atomic E-state index is 12.5. The van der Waals surface area contributed by atoms with Crippen LogP contribution in [0.5, 0.6) is 11.8 Å². The molecular formula is C20H24N2O5. The van der Waals surface area contributed by atoms with E-state index in [2.05, 4.69) is 9.97 Å². The molecule has 7 nitrogen and oxygen atoms in total. The monoisotopic (exact) mass is 372 g/mol. The fourth-order valence-electron chi connectivity index (χ4n) is 2.06. The van der Waals surface area contributed by atoms with E-state index in [1.54, 1.807) is 36.7 Å². The number of aryl methyl sites for hydroxylation is 2. The van der Waals surface area contributed by atoms with E-state index in [4.69, 9.17) is 14.2 Å². The summed E-state index contributed by atoms with van der Waals surface area (Å²) in [5.74, 6) is -1.15. The molecule has 0 aliphatic heterocycles. The molecule has 2 rings (SSSR count). The third-order valence-corrected chi connectivity index (χ3v) is 3.67. The second-order valence-corrected chi connectivity index (χ2v) is 7.24. The Morgan fingerprint density at radius 2 is 1.15 bits per heavy atom. The molecule has 2 heterocycles. The van der Waals surface area contributed by atoms with E-state index in [1.165, 1.54) is 27.7 Å². The molecule has 2 aromatic heterocycles. The Kier molecular flexibility index (Phi) is 5.83. The highest BCUT2D eigenvalue weighted by molar-refractivity contribution is 5.93. The van der Waals surface area contributed by atoms with Crippen molar-refractivity contribution in [2.75, 3.05) is 0 Å². The first-order chi connectivity index (χ1) is 12.5. The van der Waals surface area contributed by atoms with Gasteiger partial charge < -0.3 is 14.2 Å². The quantitative estimate of drug-likeness (QED) is 0.568. The number of hydrogen-bond donors (Lipinski definition) is 0. The van der Waals surface area contributed by atoms with E-state index < -0.39 is 23.1 Å². The summed E-state index contributed by atoms with van der Waals surface area (Å²) in [7, 11) is 0. The van der Waals surface area contributed by atoms with Crippen LogP contribution in [0.1, 0.15) is 38.8 Å². The van der Waals surface area contributed by atoms with Gasteiger partial charge in [0.25, 0.3) is 0 Å². The lowest BCUT2D eigenvalue weighted by atomic mass is 10.1. The summed E-state index contributed by atoms with van der Waals surface area (Å²) in [6.07, 6.45) is 3.14. The first-order valence-electron chi connectivity index (χ1n) is 8.50. The first kappa shape index (κ1) is 20.4. The lowest BCUT2D eigenvalue weighted by Gasteiger charge is -2.27. The van der Waals surface area contributed by atoms with Gasteiger partial charge in [-0.3, -0.25) is 0 Å². The number of rotatable bonds is 6. The van der Waals surface area contributed by atoms with Crippen LogP contribution < -0.4 is 9.47 Å². The number of esters is 2. The summed E-state index contributed by atoms with van der Waals surface area (Å²) < 4.78 is 16.2. The molecule has 0 amide bonds. The van der Waals surface area contributed by atoms with Gasteiger partial charge in [-0.05, 0) is 64.8 Å². The zero-order chi connectivity index (χ0) is 20.2. The van der Waals surface area contributed by atoms with Crippen LogP contribution in [0.4, 0.5) is 0 Å². The van der Waals surface area contributed by atoms with Crippen LogP contribution >= 0.6 is 0 Å². The molecule has 144 valence electrons. The van der Waals surface area contributed by atoms with Crippen LogP contribution in [0.2, 0.25) is 0 Å². The van der Waals surface area contributed by atoms with Gasteiger partial charge >= 0.3 is 11.9 Å². The summed E-state index contributed by atoms with van der Waals surface area (Å²) in [4.78, 5) is 33.0. The third kappa shape index (κ3) is 5.51. The largest absolute Gasteiger partial charge is 0.460 e. The number of aromatic nitrogens is 2. The Bertz CT molecular complexity index is 776. The second kappa shape index (κ2) is 7.73. The van der Waals surface area contributed by atoms with Crippen molar-refractivity contribution in [2.45, 2.75) is 52.7 Å². The molecule has 0 N–H and O–H groups in total. The van der Waals surface area contributed by atoms with Gasteiger partial charge in [0.1, 0.15) is 0 Å². The van der Waals surface area contributed by atoms with Crippen molar-refractivity contribution < 1.29 is 23.8 Å². The molecule has 0 saturated heterocycles. The minimum atomic E-state index is -1.41. The van der Waals surface area contributed by atoms with Crippen molar-refractivity contribution in [3.63, 3.8) is 0 Å². The van der Waals surface area contributed by atoms with E-state index in [0.29, 0.717) is 0 Å². The van der Waals surface area contributed by atoms with Crippen molar-refractivity contribution >= 4 is 11.9 Å². The van der Waals surface area contributed by atoms with Gasteiger partial charge in [-0.25, -0.2) is 19.6 Å². The molecular weight excluding hydrogens is 348 g/mol. The topological polar surface area (TPSA) is 87.6 Å². The fourth-order valence-corrected chi connectivity index (χ4v) is 2.06. The summed E-state index contributed by atoms with van der Waals surface area (Å²) in [5, 5.41) is 0. The number of hydrogen-bond acceptors (Lipinski definition) is 7. The minimum Gasteiger partial charge on any atom is -0.460 e. The highest BCUT2D eigenvalue weighted by Crippen LogP contribution is 2.22. The Balaban J connectivity index is 2.05. The molecule has 2 aromatic rings. The van der Waals surface area contributed by atoms with Crippen LogP contribution in [-0.4, -0.2) is 33.1 Å². The zero-order valence-corrected chi connectivity index (χ0v) is 16.4. The molecule has 7 heteroatoms. The lowest BCUT2D eigenvalue weighted by molar-refractivity contribution is -0.178. The van der Waals surface area contributed by atoms with Crippen molar-refractivity contribution in [3.05, 3.63) is 47.8 Å². The van der Waals surface area contributed by atoms with Gasteiger partial charge in [-0.2, -0.15) is 0 Å². The van der Waals surface area contributed by atoms with Crippen molar-refractivity contribution in [1.29, 1.82) is 0 Å². The summed E-state index contributed by atoms with van der Waals surface area (Å²) >= 11 is 0. The summed E-state index contributed by atoms with van der Waals surface area (Å²) in [6.45, 7) is 9.77. The maximum atomic E-state index is 12.5. The Morgan fingerprint density at radius 3 is 1.48 bits per heavy atom. The van der Waals surface area contributed by atoms with E-state index in [1.807, 2.05) is 13.8 Å². The molecule has 0 aliphatic carbocycles. The SMILES string of the molecule is Cc1ccnc(OC(C)(C)C(=O)OC(=O)C(C)(C)Oc2cc(C)ccn2)c1. The molecule has 0 unspecified atom stereocenters. The van der Waals surface area contributed by atoms with Gasteiger partial charge in [-0.1, -0.05) is 0 Å². The summed E-state index contributed by atoms with van der Waals surface area (Å²) in [6, 6.07) is 6.99. The van der Waals surface area contributed by atoms with E-state index >= 15 is 0 Å². The van der Waals surface area contributed by atoms with Crippen LogP contribution in [-0.2, 0) is 14.3 Å². The smallest absolute Gasteiger partial charge is 0.357 e. The second-order valence-electron chi connectivity index (χ2n) is 7.24. The van der Waals surface area contributed by atoms with E-state index in [0.717, 1.165) is 11.1 Å². The number of nitrogens with zero attached hydrogens (tertiary/aromatic N) is 2. The van der Waals surface area contributed by atoms with Crippen LogP contribution in [0.25, 0.3) is 0 Å². The normalized spacial score (nSPS) is 11.6. The van der Waals surface area contributed by atoms with Gasteiger partial charge in [0, 0.05) is 24.5 Å². The highest BCUT2D eigenvalue weighted by Gasteiger charge is 2.40. The van der Waals surface area contributed by atoms with E-state index in [9.17, 15) is 9.59 Å². The van der Waals surface area contributed by atoms with Gasteiger partial charge in [0.2, 0.25) is 23.0 Å². The summed E-state index contributed by atoms with van der Waals surface area (Å²) in [5.41, 5.74) is -0.955. The van der Waals surface area contributed by atoms with Gasteiger partial charge in [0.15, 0.2) is 0 Å². The molecule has 0 bridgehead atoms. The maximum Gasteiger partial charge on any atom is 0.357 e. The molecule has 0 aliphatic rings. The number of carbonyl (C=O) groups is 2. The highest BCUT2D eigenvalue weighted by atomic mass is 16.6. The third-order valence-electron chi connectivity index (χ3n) is 3.67. The van der Waals surface area contributed by atoms with Crippen molar-refractivity contribution in [1.82, 2.24) is 9.97 Å². The first-order valence-corrected chi connectivity index (χ1v) is 8.50. The fraction of sp³-hybridized carbons (Fsp3) is 0.400. The Labute approximate surface area is 158 Å². The van der Waals surface area contributed by atoms with Crippen molar-refractivity contribution in [3.8, 4) is 11.8 Å².